The van der Waals surface area contributed by atoms with Gasteiger partial charge >= 0.3 is 5.97 Å². The van der Waals surface area contributed by atoms with Crippen LogP contribution >= 0.6 is 0 Å². The van der Waals surface area contributed by atoms with E-state index in [0.29, 0.717) is 17.0 Å². The third kappa shape index (κ3) is 3.15. The molecule has 98 valence electrons. The molecule has 0 heterocycles. The van der Waals surface area contributed by atoms with Crippen molar-refractivity contribution in [1.29, 1.82) is 0 Å². The van der Waals surface area contributed by atoms with Crippen molar-refractivity contribution in [2.24, 2.45) is 0 Å². The minimum atomic E-state index is -0.312. The zero-order chi connectivity index (χ0) is 13.0. The summed E-state index contributed by atoms with van der Waals surface area (Å²) in [4.78, 5) is 12.0. The summed E-state index contributed by atoms with van der Waals surface area (Å²) in [7, 11) is 1.55. The molecule has 2 N–H and O–H groups in total. The number of hydrogen-bond donors (Lipinski definition) is 1. The predicted octanol–water partition coefficient (Wildman–Crippen LogP) is 2.77. The third-order valence-corrected chi connectivity index (χ3v) is 3.23. The van der Waals surface area contributed by atoms with Crippen LogP contribution in [0.25, 0.3) is 0 Å². The van der Waals surface area contributed by atoms with E-state index in [9.17, 15) is 4.79 Å². The molecule has 1 saturated carbocycles. The predicted molar refractivity (Wildman–Crippen MR) is 69.7 cm³/mol. The van der Waals surface area contributed by atoms with Crippen LogP contribution in [0.3, 0.4) is 0 Å². The summed E-state index contributed by atoms with van der Waals surface area (Å²) in [5.74, 6) is 0.262. The first kappa shape index (κ1) is 12.7. The summed E-state index contributed by atoms with van der Waals surface area (Å²) >= 11 is 0. The Hall–Kier alpha value is -1.71. The average molecular weight is 249 g/mol. The van der Waals surface area contributed by atoms with Crippen molar-refractivity contribution < 1.29 is 14.3 Å². The molecule has 1 aliphatic carbocycles. The van der Waals surface area contributed by atoms with Gasteiger partial charge in [-0.1, -0.05) is 6.42 Å². The molecule has 18 heavy (non-hydrogen) atoms. The Balaban J connectivity index is 2.05. The molecule has 1 aliphatic rings. The quantitative estimate of drug-likeness (QED) is 0.661. The van der Waals surface area contributed by atoms with Crippen LogP contribution in [0.15, 0.2) is 18.2 Å². The molecule has 0 aliphatic heterocycles. The number of nitrogen functional groups attached to an aromatic ring is 1. The van der Waals surface area contributed by atoms with Gasteiger partial charge in [-0.05, 0) is 37.8 Å². The number of rotatable bonds is 3. The average Bonchev–Trinajstić information content (AvgIpc) is 2.39. The van der Waals surface area contributed by atoms with Gasteiger partial charge in [-0.15, -0.1) is 0 Å². The van der Waals surface area contributed by atoms with Gasteiger partial charge in [-0.2, -0.15) is 0 Å². The zero-order valence-corrected chi connectivity index (χ0v) is 10.6. The van der Waals surface area contributed by atoms with Crippen molar-refractivity contribution >= 4 is 11.7 Å². The molecule has 0 unspecified atom stereocenters. The normalized spacial score (nSPS) is 16.3. The number of anilines is 1. The maximum absolute atomic E-state index is 12.0. The number of ether oxygens (including phenoxy) is 2. The van der Waals surface area contributed by atoms with E-state index < -0.39 is 0 Å². The van der Waals surface area contributed by atoms with Gasteiger partial charge in [0, 0.05) is 11.8 Å². The third-order valence-electron chi connectivity index (χ3n) is 3.23. The molecule has 4 heteroatoms. The van der Waals surface area contributed by atoms with Crippen LogP contribution in [0.2, 0.25) is 0 Å². The minimum Gasteiger partial charge on any atom is -0.497 e. The zero-order valence-electron chi connectivity index (χ0n) is 10.6. The van der Waals surface area contributed by atoms with Gasteiger partial charge in [0.1, 0.15) is 11.9 Å². The molecule has 0 bridgehead atoms. The van der Waals surface area contributed by atoms with Crippen LogP contribution in [0.4, 0.5) is 5.69 Å². The highest BCUT2D eigenvalue weighted by molar-refractivity contribution is 5.91. The summed E-state index contributed by atoms with van der Waals surface area (Å²) in [6, 6.07) is 4.95. The summed E-state index contributed by atoms with van der Waals surface area (Å²) in [5, 5.41) is 0. The van der Waals surface area contributed by atoms with E-state index in [1.807, 2.05) is 0 Å². The molecular weight excluding hydrogens is 230 g/mol. The Morgan fingerprint density at radius 3 is 2.61 bits per heavy atom. The van der Waals surface area contributed by atoms with Crippen LogP contribution in [0.1, 0.15) is 42.5 Å². The lowest BCUT2D eigenvalue weighted by molar-refractivity contribution is 0.0211. The maximum Gasteiger partial charge on any atom is 0.338 e. The first-order valence-electron chi connectivity index (χ1n) is 6.34. The molecule has 0 atom stereocenters. The lowest BCUT2D eigenvalue weighted by Gasteiger charge is -2.21. The van der Waals surface area contributed by atoms with Crippen molar-refractivity contribution in [2.45, 2.75) is 38.2 Å². The molecule has 1 aromatic rings. The topological polar surface area (TPSA) is 61.5 Å². The molecule has 1 aromatic carbocycles. The lowest BCUT2D eigenvalue weighted by Crippen LogP contribution is -2.21. The number of carbonyl (C=O) groups excluding carboxylic acids is 1. The fourth-order valence-corrected chi connectivity index (χ4v) is 2.26. The van der Waals surface area contributed by atoms with Crippen LogP contribution < -0.4 is 10.5 Å². The number of nitrogens with two attached hydrogens (primary N) is 1. The van der Waals surface area contributed by atoms with Crippen molar-refractivity contribution in [2.75, 3.05) is 12.8 Å². The van der Waals surface area contributed by atoms with Gasteiger partial charge in [-0.25, -0.2) is 4.79 Å². The molecule has 0 spiro atoms. The number of carbonyl (C=O) groups is 1. The van der Waals surface area contributed by atoms with Crippen LogP contribution in [0.5, 0.6) is 5.75 Å². The first-order valence-corrected chi connectivity index (χ1v) is 6.34. The Morgan fingerprint density at radius 2 is 1.94 bits per heavy atom. The Morgan fingerprint density at radius 1 is 1.22 bits per heavy atom. The van der Waals surface area contributed by atoms with Crippen LogP contribution in [0, 0.1) is 0 Å². The second-order valence-corrected chi connectivity index (χ2v) is 4.66. The number of benzene rings is 1. The summed E-state index contributed by atoms with van der Waals surface area (Å²) in [6.07, 6.45) is 5.49. The fraction of sp³-hybridized carbons (Fsp3) is 0.500. The van der Waals surface area contributed by atoms with Gasteiger partial charge in [0.25, 0.3) is 0 Å². The number of esters is 1. The first-order chi connectivity index (χ1) is 8.69. The summed E-state index contributed by atoms with van der Waals surface area (Å²) in [6.45, 7) is 0. The van der Waals surface area contributed by atoms with Gasteiger partial charge in [0.15, 0.2) is 0 Å². The summed E-state index contributed by atoms with van der Waals surface area (Å²) < 4.78 is 10.6. The van der Waals surface area contributed by atoms with E-state index in [1.54, 1.807) is 25.3 Å². The summed E-state index contributed by atoms with van der Waals surface area (Å²) in [5.41, 5.74) is 6.68. The Bertz CT molecular complexity index is 425. The number of hydrogen-bond acceptors (Lipinski definition) is 4. The Kier molecular flexibility index (Phi) is 4.07. The fourth-order valence-electron chi connectivity index (χ4n) is 2.26. The second-order valence-electron chi connectivity index (χ2n) is 4.66. The second kappa shape index (κ2) is 5.76. The van der Waals surface area contributed by atoms with E-state index in [4.69, 9.17) is 15.2 Å². The van der Waals surface area contributed by atoms with Crippen molar-refractivity contribution in [1.82, 2.24) is 0 Å². The highest BCUT2D eigenvalue weighted by atomic mass is 16.5. The van der Waals surface area contributed by atoms with Crippen molar-refractivity contribution in [3.05, 3.63) is 23.8 Å². The molecule has 2 rings (SSSR count). The van der Waals surface area contributed by atoms with E-state index in [1.165, 1.54) is 6.42 Å². The molecular formula is C14H19NO3. The van der Waals surface area contributed by atoms with E-state index in [-0.39, 0.29) is 12.1 Å². The SMILES string of the molecule is COc1cc(N)cc(C(=O)OC2CCCCC2)c1. The van der Waals surface area contributed by atoms with Gasteiger partial charge in [0.05, 0.1) is 12.7 Å². The van der Waals surface area contributed by atoms with Gasteiger partial charge in [0.2, 0.25) is 0 Å². The van der Waals surface area contributed by atoms with Gasteiger partial charge in [-0.3, -0.25) is 0 Å². The van der Waals surface area contributed by atoms with Crippen LogP contribution in [-0.4, -0.2) is 19.2 Å². The minimum absolute atomic E-state index is 0.0543. The maximum atomic E-state index is 12.0. The van der Waals surface area contributed by atoms with Crippen LogP contribution in [-0.2, 0) is 4.74 Å². The molecule has 0 amide bonds. The Labute approximate surface area is 107 Å². The lowest BCUT2D eigenvalue weighted by atomic mass is 9.98. The number of methoxy groups -OCH3 is 1. The molecule has 0 saturated heterocycles. The van der Waals surface area contributed by atoms with E-state index in [2.05, 4.69) is 0 Å². The monoisotopic (exact) mass is 249 g/mol. The van der Waals surface area contributed by atoms with Gasteiger partial charge < -0.3 is 15.2 Å². The molecule has 1 fully saturated rings. The van der Waals surface area contributed by atoms with E-state index in [0.717, 1.165) is 25.7 Å². The molecule has 4 nitrogen and oxygen atoms in total. The highest BCUT2D eigenvalue weighted by Crippen LogP contribution is 2.23. The smallest absolute Gasteiger partial charge is 0.338 e. The standard InChI is InChI=1S/C14H19NO3/c1-17-13-8-10(7-11(15)9-13)14(16)18-12-5-3-2-4-6-12/h7-9,12H,2-6,15H2,1H3. The largest absolute Gasteiger partial charge is 0.497 e. The molecule has 0 aromatic heterocycles. The van der Waals surface area contributed by atoms with Crippen molar-refractivity contribution in [3.63, 3.8) is 0 Å². The van der Waals surface area contributed by atoms with E-state index >= 15 is 0 Å². The highest BCUT2D eigenvalue weighted by Gasteiger charge is 2.19. The van der Waals surface area contributed by atoms with Crippen molar-refractivity contribution in [3.8, 4) is 5.75 Å². The molecule has 0 radical (unpaired) electrons.